The fourth-order valence-electron chi connectivity index (χ4n) is 4.62. The smallest absolute Gasteiger partial charge is 0.123 e. The zero-order valence-corrected chi connectivity index (χ0v) is 16.4. The Kier molecular flexibility index (Phi) is 6.96. The Balaban J connectivity index is 0.00000196. The molecule has 2 saturated heterocycles. The summed E-state index contributed by atoms with van der Waals surface area (Å²) in [6, 6.07) is 5.07. The minimum atomic E-state index is -0.136. The molecular weight excluding hydrogens is 349 g/mol. The summed E-state index contributed by atoms with van der Waals surface area (Å²) in [6.45, 7) is 7.45. The summed E-state index contributed by atoms with van der Waals surface area (Å²) in [5, 5.41) is 1.07. The molecule has 3 heterocycles. The van der Waals surface area contributed by atoms with Crippen LogP contribution in [0.25, 0.3) is 10.9 Å². The van der Waals surface area contributed by atoms with Crippen LogP contribution in [0.4, 0.5) is 4.39 Å². The van der Waals surface area contributed by atoms with Gasteiger partial charge in [-0.3, -0.25) is 0 Å². The van der Waals surface area contributed by atoms with Crippen molar-refractivity contribution in [2.24, 2.45) is 0 Å². The third kappa shape index (κ3) is 4.59. The minimum absolute atomic E-state index is 0. The number of halogens is 2. The molecular formula is C21H31ClFN3. The SMILES string of the molecule is Cl.Fc1ccc2[nH]cc(C3CCN(CCCN4CCCCC4)CC3)c2c1. The second-order valence-corrected chi connectivity index (χ2v) is 7.81. The van der Waals surface area contributed by atoms with E-state index in [1.807, 2.05) is 6.07 Å². The van der Waals surface area contributed by atoms with E-state index in [2.05, 4.69) is 21.0 Å². The predicted octanol–water partition coefficient (Wildman–Crippen LogP) is 4.78. The van der Waals surface area contributed by atoms with Crippen LogP contribution in [0.1, 0.15) is 50.0 Å². The van der Waals surface area contributed by atoms with E-state index in [0.29, 0.717) is 5.92 Å². The molecule has 4 rings (SSSR count). The van der Waals surface area contributed by atoms with Crippen LogP contribution in [-0.4, -0.2) is 54.1 Å². The molecule has 0 unspecified atom stereocenters. The summed E-state index contributed by atoms with van der Waals surface area (Å²) in [5.74, 6) is 0.428. The molecule has 2 aromatic rings. The summed E-state index contributed by atoms with van der Waals surface area (Å²) in [7, 11) is 0. The number of H-pyrrole nitrogens is 1. The first kappa shape index (κ1) is 19.7. The van der Waals surface area contributed by atoms with Crippen LogP contribution in [0, 0.1) is 5.82 Å². The molecule has 0 atom stereocenters. The highest BCUT2D eigenvalue weighted by atomic mass is 35.5. The Hall–Kier alpha value is -1.10. The first-order valence-electron chi connectivity index (χ1n) is 10.0. The highest BCUT2D eigenvalue weighted by Gasteiger charge is 2.23. The number of piperidine rings is 2. The monoisotopic (exact) mass is 379 g/mol. The van der Waals surface area contributed by atoms with Crippen molar-refractivity contribution >= 4 is 23.3 Å². The maximum atomic E-state index is 13.6. The number of likely N-dealkylation sites (tertiary alicyclic amines) is 2. The predicted molar refractivity (Wildman–Crippen MR) is 109 cm³/mol. The lowest BCUT2D eigenvalue weighted by molar-refractivity contribution is 0.181. The number of nitrogens with zero attached hydrogens (tertiary/aromatic N) is 2. The molecule has 2 aliphatic rings. The van der Waals surface area contributed by atoms with Gasteiger partial charge in [-0.2, -0.15) is 0 Å². The number of benzene rings is 1. The molecule has 2 fully saturated rings. The van der Waals surface area contributed by atoms with Crippen molar-refractivity contribution in [1.29, 1.82) is 0 Å². The number of rotatable bonds is 5. The summed E-state index contributed by atoms with van der Waals surface area (Å²) in [4.78, 5) is 8.57. The van der Waals surface area contributed by atoms with Crippen LogP contribution in [0.2, 0.25) is 0 Å². The Bertz CT molecular complexity index is 688. The van der Waals surface area contributed by atoms with Gasteiger partial charge in [0.1, 0.15) is 5.82 Å². The van der Waals surface area contributed by atoms with Crippen molar-refractivity contribution in [2.45, 2.75) is 44.4 Å². The van der Waals surface area contributed by atoms with Crippen molar-refractivity contribution in [3.8, 4) is 0 Å². The van der Waals surface area contributed by atoms with E-state index in [1.165, 1.54) is 89.4 Å². The average Bonchev–Trinajstić information content (AvgIpc) is 3.06. The second kappa shape index (κ2) is 9.20. The van der Waals surface area contributed by atoms with Crippen LogP contribution < -0.4 is 0 Å². The lowest BCUT2D eigenvalue weighted by Crippen LogP contribution is -2.36. The fraction of sp³-hybridized carbons (Fsp3) is 0.619. The van der Waals surface area contributed by atoms with E-state index in [4.69, 9.17) is 0 Å². The molecule has 0 spiro atoms. The molecule has 0 bridgehead atoms. The molecule has 3 nitrogen and oxygen atoms in total. The van der Waals surface area contributed by atoms with Crippen molar-refractivity contribution in [1.82, 2.24) is 14.8 Å². The second-order valence-electron chi connectivity index (χ2n) is 7.81. The Labute approximate surface area is 162 Å². The van der Waals surface area contributed by atoms with Gasteiger partial charge in [-0.15, -0.1) is 12.4 Å². The largest absolute Gasteiger partial charge is 0.361 e. The van der Waals surface area contributed by atoms with Gasteiger partial charge in [0, 0.05) is 17.1 Å². The fourth-order valence-corrected chi connectivity index (χ4v) is 4.62. The van der Waals surface area contributed by atoms with Crippen LogP contribution in [0.3, 0.4) is 0 Å². The van der Waals surface area contributed by atoms with Gasteiger partial charge < -0.3 is 14.8 Å². The van der Waals surface area contributed by atoms with E-state index < -0.39 is 0 Å². The molecule has 0 aliphatic carbocycles. The van der Waals surface area contributed by atoms with Crippen LogP contribution in [-0.2, 0) is 0 Å². The van der Waals surface area contributed by atoms with E-state index >= 15 is 0 Å². The number of fused-ring (bicyclic) bond motifs is 1. The maximum absolute atomic E-state index is 13.6. The molecule has 0 saturated carbocycles. The third-order valence-corrected chi connectivity index (χ3v) is 6.10. The van der Waals surface area contributed by atoms with Crippen LogP contribution in [0.5, 0.6) is 0 Å². The van der Waals surface area contributed by atoms with Crippen LogP contribution >= 0.6 is 12.4 Å². The molecule has 1 aromatic carbocycles. The van der Waals surface area contributed by atoms with Crippen molar-refractivity contribution in [3.63, 3.8) is 0 Å². The summed E-state index contributed by atoms with van der Waals surface area (Å²) in [5.41, 5.74) is 2.36. The maximum Gasteiger partial charge on any atom is 0.123 e. The lowest BCUT2D eigenvalue weighted by atomic mass is 9.89. The van der Waals surface area contributed by atoms with Gasteiger partial charge in [0.15, 0.2) is 0 Å². The van der Waals surface area contributed by atoms with E-state index in [1.54, 1.807) is 6.07 Å². The van der Waals surface area contributed by atoms with Gasteiger partial charge in [-0.1, -0.05) is 6.42 Å². The molecule has 5 heteroatoms. The van der Waals surface area contributed by atoms with Crippen molar-refractivity contribution in [3.05, 3.63) is 35.8 Å². The van der Waals surface area contributed by atoms with Crippen LogP contribution in [0.15, 0.2) is 24.4 Å². The normalized spacial score (nSPS) is 20.3. The molecule has 1 aromatic heterocycles. The van der Waals surface area contributed by atoms with Gasteiger partial charge in [0.2, 0.25) is 0 Å². The number of hydrogen-bond donors (Lipinski definition) is 1. The van der Waals surface area contributed by atoms with Gasteiger partial charge in [0.25, 0.3) is 0 Å². The molecule has 26 heavy (non-hydrogen) atoms. The van der Waals surface area contributed by atoms with Gasteiger partial charge >= 0.3 is 0 Å². The average molecular weight is 380 g/mol. The first-order valence-corrected chi connectivity index (χ1v) is 10.0. The topological polar surface area (TPSA) is 22.3 Å². The molecule has 0 radical (unpaired) electrons. The zero-order chi connectivity index (χ0) is 17.1. The first-order chi connectivity index (χ1) is 12.3. The van der Waals surface area contributed by atoms with Gasteiger partial charge in [-0.05, 0) is 101 Å². The third-order valence-electron chi connectivity index (χ3n) is 6.10. The van der Waals surface area contributed by atoms with Gasteiger partial charge in [-0.25, -0.2) is 4.39 Å². The molecule has 2 aliphatic heterocycles. The minimum Gasteiger partial charge on any atom is -0.361 e. The molecule has 1 N–H and O–H groups in total. The summed E-state index contributed by atoms with van der Waals surface area (Å²) in [6.07, 6.45) is 9.96. The molecule has 0 amide bonds. The highest BCUT2D eigenvalue weighted by molar-refractivity contribution is 5.85. The van der Waals surface area contributed by atoms with Gasteiger partial charge in [0.05, 0.1) is 0 Å². The number of hydrogen-bond acceptors (Lipinski definition) is 2. The number of nitrogens with one attached hydrogen (secondary N) is 1. The van der Waals surface area contributed by atoms with Crippen molar-refractivity contribution < 1.29 is 4.39 Å². The zero-order valence-electron chi connectivity index (χ0n) is 15.6. The highest BCUT2D eigenvalue weighted by Crippen LogP contribution is 2.33. The lowest BCUT2D eigenvalue weighted by Gasteiger charge is -2.33. The number of aromatic amines is 1. The number of aromatic nitrogens is 1. The summed E-state index contributed by atoms with van der Waals surface area (Å²) >= 11 is 0. The Morgan fingerprint density at radius 2 is 1.65 bits per heavy atom. The van der Waals surface area contributed by atoms with E-state index in [9.17, 15) is 4.39 Å². The van der Waals surface area contributed by atoms with Crippen molar-refractivity contribution in [2.75, 3.05) is 39.3 Å². The standard InChI is InChI=1S/C21H30FN3.ClH/c22-18-5-6-21-19(15-18)20(16-23-21)17-7-13-25(14-8-17)12-4-11-24-9-2-1-3-10-24;/h5-6,15-17,23H,1-4,7-14H2;1H. The quantitative estimate of drug-likeness (QED) is 0.807. The molecule has 144 valence electrons. The Morgan fingerprint density at radius 1 is 0.962 bits per heavy atom. The summed E-state index contributed by atoms with van der Waals surface area (Å²) < 4.78 is 13.6. The Morgan fingerprint density at radius 3 is 2.38 bits per heavy atom. The van der Waals surface area contributed by atoms with E-state index in [0.717, 1.165) is 10.9 Å². The van der Waals surface area contributed by atoms with E-state index in [-0.39, 0.29) is 18.2 Å².